The second-order valence-corrected chi connectivity index (χ2v) is 23.5. The largest absolute Gasteiger partial charge is 0.508 e. The van der Waals surface area contributed by atoms with Crippen LogP contribution in [0.15, 0.2) is 36.4 Å². The van der Waals surface area contributed by atoms with E-state index >= 15 is 4.79 Å². The summed E-state index contributed by atoms with van der Waals surface area (Å²) < 4.78 is 21.4. The van der Waals surface area contributed by atoms with Crippen molar-refractivity contribution in [3.8, 4) is 22.6 Å². The van der Waals surface area contributed by atoms with Crippen LogP contribution in [0.25, 0.3) is 11.1 Å². The van der Waals surface area contributed by atoms with Crippen LogP contribution in [0.5, 0.6) is 11.5 Å². The minimum atomic E-state index is -1.49. The highest BCUT2D eigenvalue weighted by Crippen LogP contribution is 2.32. The van der Waals surface area contributed by atoms with Crippen molar-refractivity contribution in [2.45, 2.75) is 187 Å². The molecule has 24 heteroatoms. The lowest BCUT2D eigenvalue weighted by Crippen LogP contribution is -2.59. The number of phenolic OH excluding ortho intramolecular Hbond substituents is 2. The number of nitrogens with zero attached hydrogens (tertiary/aromatic N) is 1. The second kappa shape index (κ2) is 27.9. The third-order valence-corrected chi connectivity index (χ3v) is 11.8. The van der Waals surface area contributed by atoms with Gasteiger partial charge in [0.1, 0.15) is 64.1 Å². The third-order valence-electron chi connectivity index (χ3n) is 11.8. The summed E-state index contributed by atoms with van der Waals surface area (Å²) in [6.45, 7) is 20.3. The molecule has 0 aromatic heterocycles. The van der Waals surface area contributed by atoms with E-state index in [0.717, 1.165) is 0 Å². The molecule has 0 radical (unpaired) electrons. The van der Waals surface area contributed by atoms with Gasteiger partial charge in [-0.1, -0.05) is 12.1 Å². The summed E-state index contributed by atoms with van der Waals surface area (Å²) in [4.78, 5) is 124. The first-order chi connectivity index (χ1) is 36.7. The summed E-state index contributed by atoms with van der Waals surface area (Å²) in [5.74, 6) is -4.21. The Bertz CT molecular complexity index is 2510. The van der Waals surface area contributed by atoms with Crippen LogP contribution in [0.2, 0.25) is 0 Å². The fourth-order valence-electron chi connectivity index (χ4n) is 8.42. The van der Waals surface area contributed by atoms with Gasteiger partial charge in [-0.2, -0.15) is 0 Å². The fraction of sp³-hybridized carbons (Fsp3) is 0.618. The molecule has 2 aromatic carbocycles. The minimum Gasteiger partial charge on any atom is -0.508 e. The van der Waals surface area contributed by atoms with E-state index < -0.39 is 107 Å². The van der Waals surface area contributed by atoms with Crippen molar-refractivity contribution in [3.63, 3.8) is 0 Å². The molecular weight excluding hydrogens is 1030 g/mol. The number of likely N-dealkylation sites (tertiary alicyclic amines) is 1. The van der Waals surface area contributed by atoms with Crippen molar-refractivity contribution >= 4 is 53.9 Å². The quantitative estimate of drug-likeness (QED) is 0.0820. The zero-order valence-corrected chi connectivity index (χ0v) is 47.7. The Labute approximate surface area is 462 Å². The van der Waals surface area contributed by atoms with Crippen LogP contribution in [0.4, 0.5) is 19.2 Å². The zero-order valence-electron chi connectivity index (χ0n) is 47.7. The molecule has 1 saturated heterocycles. The van der Waals surface area contributed by atoms with Gasteiger partial charge in [0.05, 0.1) is 0 Å². The Morgan fingerprint density at radius 2 is 1.10 bits per heavy atom. The number of hydrogen-bond donors (Lipinski definition) is 10. The van der Waals surface area contributed by atoms with Crippen LogP contribution in [0.1, 0.15) is 133 Å². The smallest absolute Gasteiger partial charge is 0.408 e. The molecule has 0 aliphatic carbocycles. The number of fused-ring (bicyclic) bond motifs is 5. The Hall–Kier alpha value is -7.53. The van der Waals surface area contributed by atoms with Crippen LogP contribution in [0, 0.1) is 0 Å². The predicted molar refractivity (Wildman–Crippen MR) is 290 cm³/mol. The van der Waals surface area contributed by atoms with Gasteiger partial charge < -0.3 is 76.6 Å². The molecular formula is C55H83N9O15. The highest BCUT2D eigenvalue weighted by atomic mass is 16.6. The van der Waals surface area contributed by atoms with Gasteiger partial charge in [-0.3, -0.25) is 24.0 Å². The number of carbonyl (C=O) groups excluding carboxylic acids is 9. The lowest BCUT2D eigenvalue weighted by Gasteiger charge is -2.31. The van der Waals surface area contributed by atoms with Gasteiger partial charge in [0.2, 0.25) is 29.5 Å². The van der Waals surface area contributed by atoms with E-state index in [2.05, 4.69) is 42.5 Å². The highest BCUT2D eigenvalue weighted by Gasteiger charge is 2.40. The van der Waals surface area contributed by atoms with Gasteiger partial charge in [0, 0.05) is 45.6 Å². The number of carbonyl (C=O) groups is 9. The number of nitrogens with one attached hydrogen (secondary N) is 8. The number of hydrogen-bond acceptors (Lipinski definition) is 15. The third kappa shape index (κ3) is 22.4. The molecule has 2 aromatic rings. The number of rotatable bonds is 16. The first-order valence-electron chi connectivity index (χ1n) is 26.7. The van der Waals surface area contributed by atoms with Crippen molar-refractivity contribution in [2.75, 3.05) is 32.7 Å². The number of phenols is 2. The Morgan fingerprint density at radius 1 is 0.620 bits per heavy atom. The van der Waals surface area contributed by atoms with E-state index in [0.29, 0.717) is 17.5 Å². The number of ether oxygens (including phenoxy) is 4. The lowest BCUT2D eigenvalue weighted by molar-refractivity contribution is -0.142. The van der Waals surface area contributed by atoms with Gasteiger partial charge in [0.25, 0.3) is 0 Å². The maximum absolute atomic E-state index is 15.1. The summed E-state index contributed by atoms with van der Waals surface area (Å²) in [7, 11) is 0. The van der Waals surface area contributed by atoms with E-state index in [-0.39, 0.29) is 100 Å². The fourth-order valence-corrected chi connectivity index (χ4v) is 8.42. The van der Waals surface area contributed by atoms with Crippen LogP contribution in [-0.4, -0.2) is 154 Å². The number of benzene rings is 2. The second-order valence-electron chi connectivity index (χ2n) is 23.5. The summed E-state index contributed by atoms with van der Waals surface area (Å²) >= 11 is 0. The first-order valence-corrected chi connectivity index (χ1v) is 26.7. The minimum absolute atomic E-state index is 0.00890. The molecule has 2 aliphatic heterocycles. The molecule has 4 rings (SSSR count). The molecule has 0 saturated carbocycles. The van der Waals surface area contributed by atoms with Crippen LogP contribution in [0.3, 0.4) is 0 Å². The van der Waals surface area contributed by atoms with Crippen molar-refractivity contribution in [1.82, 2.24) is 47.4 Å². The van der Waals surface area contributed by atoms with Crippen molar-refractivity contribution in [1.29, 1.82) is 0 Å². The zero-order chi connectivity index (χ0) is 59.0. The van der Waals surface area contributed by atoms with E-state index in [1.807, 2.05) is 0 Å². The molecule has 0 spiro atoms. The molecule has 4 bridgehead atoms. The molecule has 2 heterocycles. The topological polar surface area (TPSA) is 330 Å². The standard InChI is InChI=1S/C55H83N9O15/c1-52(2,3)76-48(72)57-23-13-16-36(43(67)56-25-26-59-50(74)78-54(7,8)9)61-46(70)40-18-15-27-64(40)47(71)39-31-35-29-33(20-22-42(35)66)32-19-21-41(65)34(28-32)30-38(63-51(75)79-55(10,11)12)45(69)60-37(44(68)62-39)17-14-24-58-49(73)77-53(4,5)6/h19-22,28-29,36-40,65-66H,13-18,23-27,30-31H2,1-12H3,(H,56,67)(H,57,72)(H,58,73)(H,59,74)(H,60,69)(H,61,70)(H,62,68)(H,63,75)/t36-,37-,38-,39-,40-/m0/s1. The van der Waals surface area contributed by atoms with Gasteiger partial charge in [0.15, 0.2) is 0 Å². The molecule has 10 N–H and O–H groups in total. The molecule has 5 atom stereocenters. The molecule has 438 valence electrons. The molecule has 24 nitrogen and oxygen atoms in total. The maximum atomic E-state index is 15.1. The molecule has 2 aliphatic rings. The summed E-state index contributed by atoms with van der Waals surface area (Å²) in [5, 5.41) is 43.8. The molecule has 1 fully saturated rings. The van der Waals surface area contributed by atoms with Gasteiger partial charge >= 0.3 is 24.4 Å². The maximum Gasteiger partial charge on any atom is 0.408 e. The SMILES string of the molecule is CC(C)(C)OC(=O)NCCC[C@@H]1NC(=O)[C@@H](NC(=O)OC(C)(C)C)Cc2cc(ccc2O)-c2ccc(O)c(c2)C[C@@H](C(=O)N2CCC[C@H]2C(=O)N[C@@H](CCCNC(=O)OC(C)(C)C)C(=O)NCCNC(=O)OC(C)(C)C)NC1=O. The normalized spacial score (nSPS) is 18.4. The Kier molecular flexibility index (Phi) is 22.6. The predicted octanol–water partition coefficient (Wildman–Crippen LogP) is 4.45. The molecule has 9 amide bonds. The number of alkyl carbamates (subject to hydrolysis) is 4. The van der Waals surface area contributed by atoms with Crippen molar-refractivity contribution < 1.29 is 72.3 Å². The van der Waals surface area contributed by atoms with Crippen molar-refractivity contribution in [2.24, 2.45) is 0 Å². The highest BCUT2D eigenvalue weighted by molar-refractivity contribution is 5.97. The van der Waals surface area contributed by atoms with Crippen LogP contribution in [-0.2, 0) is 55.8 Å². The monoisotopic (exact) mass is 1110 g/mol. The molecule has 79 heavy (non-hydrogen) atoms. The van der Waals surface area contributed by atoms with Crippen LogP contribution < -0.4 is 42.5 Å². The van der Waals surface area contributed by atoms with Gasteiger partial charge in [-0.25, -0.2) is 19.2 Å². The van der Waals surface area contributed by atoms with Gasteiger partial charge in [-0.15, -0.1) is 0 Å². The number of aromatic hydroxyl groups is 2. The van der Waals surface area contributed by atoms with Crippen molar-refractivity contribution in [3.05, 3.63) is 47.5 Å². The summed E-state index contributed by atoms with van der Waals surface area (Å²) in [6.07, 6.45) is -2.96. The van der Waals surface area contributed by atoms with Crippen LogP contribution >= 0.6 is 0 Å². The van der Waals surface area contributed by atoms with E-state index in [1.54, 1.807) is 107 Å². The number of amides is 9. The summed E-state index contributed by atoms with van der Waals surface area (Å²) in [6, 6.07) is 2.53. The Balaban J connectivity index is 1.70. The van der Waals surface area contributed by atoms with E-state index in [1.165, 1.54) is 17.0 Å². The average Bonchev–Trinajstić information content (AvgIpc) is 3.85. The first kappa shape index (κ1) is 64.0. The lowest BCUT2D eigenvalue weighted by atomic mass is 9.95. The van der Waals surface area contributed by atoms with E-state index in [9.17, 15) is 48.6 Å². The Morgan fingerprint density at radius 3 is 1.63 bits per heavy atom. The van der Waals surface area contributed by atoms with E-state index in [4.69, 9.17) is 18.9 Å². The average molecular weight is 1110 g/mol. The molecule has 0 unspecified atom stereocenters. The van der Waals surface area contributed by atoms with Gasteiger partial charge in [-0.05, 0) is 168 Å². The summed E-state index contributed by atoms with van der Waals surface area (Å²) in [5.41, 5.74) is -1.81.